The van der Waals surface area contributed by atoms with Crippen molar-refractivity contribution in [2.75, 3.05) is 12.3 Å². The number of oxazole rings is 1. The molecule has 0 spiro atoms. The average Bonchev–Trinajstić information content (AvgIpc) is 3.27. The zero-order valence-corrected chi connectivity index (χ0v) is 14.8. The molecule has 0 bridgehead atoms. The number of thioether (sulfide) groups is 1. The number of halogens is 1. The summed E-state index contributed by atoms with van der Waals surface area (Å²) in [5, 5.41) is 7.03. The van der Waals surface area contributed by atoms with Crippen LogP contribution in [-0.2, 0) is 4.79 Å². The summed E-state index contributed by atoms with van der Waals surface area (Å²) < 4.78 is 5.61. The fraction of sp³-hybridized carbons (Fsp3) is 0.167. The molecule has 0 aliphatic carbocycles. The van der Waals surface area contributed by atoms with Gasteiger partial charge in [0.25, 0.3) is 11.1 Å². The Labute approximate surface area is 153 Å². The van der Waals surface area contributed by atoms with Crippen LogP contribution in [0.25, 0.3) is 11.1 Å². The molecule has 2 heterocycles. The van der Waals surface area contributed by atoms with E-state index in [2.05, 4.69) is 10.1 Å². The molecule has 0 radical (unpaired) electrons. The number of hydrogen-bond donors (Lipinski definition) is 0. The maximum atomic E-state index is 12.4. The Balaban J connectivity index is 1.41. The first kappa shape index (κ1) is 16.2. The van der Waals surface area contributed by atoms with Crippen LogP contribution in [0, 0.1) is 0 Å². The minimum absolute atomic E-state index is 0.0591. The Morgan fingerprint density at radius 3 is 2.92 bits per heavy atom. The Morgan fingerprint density at radius 2 is 2.08 bits per heavy atom. The highest BCUT2D eigenvalue weighted by atomic mass is 35.5. The maximum absolute atomic E-state index is 12.4. The number of benzene rings is 2. The first-order valence-corrected chi connectivity index (χ1v) is 9.17. The number of carbonyl (C=O) groups is 1. The Hall–Kier alpha value is -2.31. The van der Waals surface area contributed by atoms with Crippen molar-refractivity contribution in [3.63, 3.8) is 0 Å². The highest BCUT2D eigenvalue weighted by Crippen LogP contribution is 2.26. The average molecular weight is 372 g/mol. The van der Waals surface area contributed by atoms with Gasteiger partial charge in [0, 0.05) is 11.4 Å². The van der Waals surface area contributed by atoms with Crippen LogP contribution in [0.3, 0.4) is 0 Å². The van der Waals surface area contributed by atoms with Crippen LogP contribution in [0.4, 0.5) is 0 Å². The van der Waals surface area contributed by atoms with Crippen LogP contribution in [0.1, 0.15) is 12.0 Å². The van der Waals surface area contributed by atoms with Crippen molar-refractivity contribution in [2.45, 2.75) is 11.6 Å². The molecule has 0 atom stereocenters. The molecule has 5 nitrogen and oxygen atoms in total. The van der Waals surface area contributed by atoms with Gasteiger partial charge >= 0.3 is 0 Å². The number of aromatic nitrogens is 1. The van der Waals surface area contributed by atoms with Crippen molar-refractivity contribution in [1.29, 1.82) is 0 Å². The molecule has 1 aliphatic rings. The van der Waals surface area contributed by atoms with Crippen molar-refractivity contribution in [2.24, 2.45) is 5.10 Å². The third kappa shape index (κ3) is 3.55. The van der Waals surface area contributed by atoms with Crippen molar-refractivity contribution in [3.8, 4) is 0 Å². The van der Waals surface area contributed by atoms with E-state index in [-0.39, 0.29) is 11.7 Å². The number of hydrazone groups is 1. The van der Waals surface area contributed by atoms with Gasteiger partial charge in [0.05, 0.1) is 18.0 Å². The van der Waals surface area contributed by atoms with Gasteiger partial charge in [-0.15, -0.1) is 0 Å². The molecule has 0 N–H and O–H groups in total. The minimum atomic E-state index is -0.0591. The standard InChI is InChI=1S/C18H14ClN3O2S/c19-13-6-7-16-15(10-13)20-18(24-16)25-11-17(23)22-9-8-14(21-22)12-4-2-1-3-5-12/h1-7,10H,8-9,11H2. The molecule has 1 aliphatic heterocycles. The van der Waals surface area contributed by atoms with Gasteiger partial charge in [0.15, 0.2) is 5.58 Å². The number of hydrogen-bond acceptors (Lipinski definition) is 5. The van der Waals surface area contributed by atoms with Crippen molar-refractivity contribution in [3.05, 3.63) is 59.1 Å². The summed E-state index contributed by atoms with van der Waals surface area (Å²) in [6.07, 6.45) is 0.766. The van der Waals surface area contributed by atoms with E-state index in [0.717, 1.165) is 17.7 Å². The molecule has 1 aromatic heterocycles. The summed E-state index contributed by atoms with van der Waals surface area (Å²) in [6, 6.07) is 15.2. The predicted octanol–water partition coefficient (Wildman–Crippen LogP) is 4.21. The number of amides is 1. The molecule has 0 saturated carbocycles. The number of fused-ring (bicyclic) bond motifs is 1. The van der Waals surface area contributed by atoms with Gasteiger partial charge in [-0.3, -0.25) is 4.79 Å². The van der Waals surface area contributed by atoms with Crippen LogP contribution >= 0.6 is 23.4 Å². The second-order valence-corrected chi connectivity index (χ2v) is 6.92. The lowest BCUT2D eigenvalue weighted by Gasteiger charge is -2.09. The molecular weight excluding hydrogens is 358 g/mol. The summed E-state index contributed by atoms with van der Waals surface area (Å²) >= 11 is 7.20. The minimum Gasteiger partial charge on any atom is -0.431 e. The molecule has 25 heavy (non-hydrogen) atoms. The van der Waals surface area contributed by atoms with Gasteiger partial charge in [0.2, 0.25) is 0 Å². The van der Waals surface area contributed by atoms with Gasteiger partial charge in [-0.05, 0) is 23.8 Å². The fourth-order valence-corrected chi connectivity index (χ4v) is 3.48. The topological polar surface area (TPSA) is 58.7 Å². The second-order valence-electron chi connectivity index (χ2n) is 5.56. The van der Waals surface area contributed by atoms with Crippen molar-refractivity contribution < 1.29 is 9.21 Å². The molecular formula is C18H14ClN3O2S. The van der Waals surface area contributed by atoms with Crippen LogP contribution in [0.2, 0.25) is 5.02 Å². The molecule has 2 aromatic carbocycles. The predicted molar refractivity (Wildman–Crippen MR) is 99.1 cm³/mol. The van der Waals surface area contributed by atoms with E-state index in [9.17, 15) is 4.79 Å². The summed E-state index contributed by atoms with van der Waals surface area (Å²) in [4.78, 5) is 16.7. The Kier molecular flexibility index (Phi) is 4.46. The summed E-state index contributed by atoms with van der Waals surface area (Å²) in [6.45, 7) is 0.604. The molecule has 7 heteroatoms. The van der Waals surface area contributed by atoms with Gasteiger partial charge < -0.3 is 4.42 Å². The summed E-state index contributed by atoms with van der Waals surface area (Å²) in [5.41, 5.74) is 3.34. The third-order valence-corrected chi connectivity index (χ3v) is 4.89. The lowest BCUT2D eigenvalue weighted by Crippen LogP contribution is -2.25. The zero-order valence-electron chi connectivity index (χ0n) is 13.2. The summed E-state index contributed by atoms with van der Waals surface area (Å²) in [7, 11) is 0. The molecule has 1 amide bonds. The molecule has 4 rings (SSSR count). The van der Waals surface area contributed by atoms with Gasteiger partial charge in [-0.25, -0.2) is 9.99 Å². The normalized spacial score (nSPS) is 14.1. The first-order valence-electron chi connectivity index (χ1n) is 7.81. The number of rotatable bonds is 4. The molecule has 0 saturated heterocycles. The molecule has 126 valence electrons. The Morgan fingerprint density at radius 1 is 1.24 bits per heavy atom. The monoisotopic (exact) mass is 371 g/mol. The number of carbonyl (C=O) groups excluding carboxylic acids is 1. The van der Waals surface area contributed by atoms with Crippen LogP contribution < -0.4 is 0 Å². The van der Waals surface area contributed by atoms with E-state index in [1.807, 2.05) is 30.3 Å². The second kappa shape index (κ2) is 6.90. The van der Waals surface area contributed by atoms with E-state index in [4.69, 9.17) is 16.0 Å². The van der Waals surface area contributed by atoms with Crippen LogP contribution in [-0.4, -0.2) is 33.9 Å². The van der Waals surface area contributed by atoms with Crippen LogP contribution in [0.5, 0.6) is 0 Å². The van der Waals surface area contributed by atoms with Crippen molar-refractivity contribution in [1.82, 2.24) is 9.99 Å². The quantitative estimate of drug-likeness (QED) is 0.644. The summed E-state index contributed by atoms with van der Waals surface area (Å²) in [5.74, 6) is 0.169. The number of nitrogens with zero attached hydrogens (tertiary/aromatic N) is 3. The molecule has 0 unspecified atom stereocenters. The van der Waals surface area contributed by atoms with Gasteiger partial charge in [-0.2, -0.15) is 5.10 Å². The Bertz CT molecular complexity index is 955. The zero-order chi connectivity index (χ0) is 17.2. The molecule has 3 aromatic rings. The largest absolute Gasteiger partial charge is 0.431 e. The van der Waals surface area contributed by atoms with Gasteiger partial charge in [-0.1, -0.05) is 53.7 Å². The highest BCUT2D eigenvalue weighted by molar-refractivity contribution is 7.99. The van der Waals surface area contributed by atoms with Crippen molar-refractivity contribution >= 4 is 46.1 Å². The SMILES string of the molecule is O=C(CSc1nc2cc(Cl)ccc2o1)N1CCC(c2ccccc2)=N1. The van der Waals surface area contributed by atoms with E-state index in [0.29, 0.717) is 27.9 Å². The maximum Gasteiger partial charge on any atom is 0.257 e. The fourth-order valence-electron chi connectivity index (χ4n) is 2.61. The smallest absolute Gasteiger partial charge is 0.257 e. The van der Waals surface area contributed by atoms with E-state index in [1.54, 1.807) is 18.2 Å². The molecule has 0 fully saturated rings. The lowest BCUT2D eigenvalue weighted by atomic mass is 10.1. The third-order valence-electron chi connectivity index (χ3n) is 3.85. The highest BCUT2D eigenvalue weighted by Gasteiger charge is 2.22. The van der Waals surface area contributed by atoms with E-state index < -0.39 is 0 Å². The van der Waals surface area contributed by atoms with Crippen LogP contribution in [0.15, 0.2) is 63.3 Å². The first-order chi connectivity index (χ1) is 12.2. The lowest BCUT2D eigenvalue weighted by molar-refractivity contribution is -0.127. The van der Waals surface area contributed by atoms with Gasteiger partial charge in [0.1, 0.15) is 5.52 Å². The van der Waals surface area contributed by atoms with E-state index >= 15 is 0 Å². The van der Waals surface area contributed by atoms with E-state index in [1.165, 1.54) is 16.8 Å².